The van der Waals surface area contributed by atoms with Crippen LogP contribution in [0.2, 0.25) is 0 Å². The largest absolute Gasteiger partial charge is 0.335 e. The Kier molecular flexibility index (Phi) is 3.35. The lowest BCUT2D eigenvalue weighted by atomic mass is 10.3. The van der Waals surface area contributed by atoms with E-state index in [1.54, 1.807) is 10.6 Å². The van der Waals surface area contributed by atoms with Crippen molar-refractivity contribution < 1.29 is 4.79 Å². The lowest BCUT2D eigenvalue weighted by Crippen LogP contribution is -2.35. The highest BCUT2D eigenvalue weighted by molar-refractivity contribution is 5.91. The number of hydrogen-bond acceptors (Lipinski definition) is 5. The molecule has 0 atom stereocenters. The number of carbonyl (C=O) groups excluding carboxylic acids is 1. The van der Waals surface area contributed by atoms with Gasteiger partial charge >= 0.3 is 0 Å². The minimum Gasteiger partial charge on any atom is -0.335 e. The number of fused-ring (bicyclic) bond motifs is 1. The van der Waals surface area contributed by atoms with Gasteiger partial charge in [0, 0.05) is 31.5 Å². The zero-order valence-corrected chi connectivity index (χ0v) is 11.8. The fourth-order valence-electron chi connectivity index (χ4n) is 2.41. The molecule has 0 unspecified atom stereocenters. The minimum atomic E-state index is -0.0709. The summed E-state index contributed by atoms with van der Waals surface area (Å²) in [4.78, 5) is 20.9. The minimum absolute atomic E-state index is 0.0709. The Morgan fingerprint density at radius 2 is 2.05 bits per heavy atom. The summed E-state index contributed by atoms with van der Waals surface area (Å²) in [6.45, 7) is 5.28. The van der Waals surface area contributed by atoms with E-state index in [1.165, 1.54) is 0 Å². The van der Waals surface area contributed by atoms with Gasteiger partial charge in [-0.15, -0.1) is 10.2 Å². The maximum atomic E-state index is 12.6. The van der Waals surface area contributed by atoms with E-state index < -0.39 is 0 Å². The van der Waals surface area contributed by atoms with E-state index in [1.807, 2.05) is 17.9 Å². The zero-order valence-electron chi connectivity index (χ0n) is 11.8. The van der Waals surface area contributed by atoms with E-state index >= 15 is 0 Å². The second-order valence-electron chi connectivity index (χ2n) is 5.21. The van der Waals surface area contributed by atoms with E-state index in [4.69, 9.17) is 0 Å². The van der Waals surface area contributed by atoms with Gasteiger partial charge in [0.15, 0.2) is 0 Å². The van der Waals surface area contributed by atoms with Crippen molar-refractivity contribution in [2.75, 3.05) is 33.2 Å². The zero-order chi connectivity index (χ0) is 14.1. The Labute approximate surface area is 117 Å². The molecule has 3 heterocycles. The third-order valence-electron chi connectivity index (χ3n) is 3.62. The molecule has 1 amide bonds. The Bertz CT molecular complexity index is 637. The van der Waals surface area contributed by atoms with Crippen LogP contribution in [0, 0.1) is 6.92 Å². The molecule has 0 aromatic carbocycles. The van der Waals surface area contributed by atoms with Crippen LogP contribution in [0.5, 0.6) is 0 Å². The van der Waals surface area contributed by atoms with Gasteiger partial charge in [0.25, 0.3) is 11.7 Å². The molecule has 0 radical (unpaired) electrons. The lowest BCUT2D eigenvalue weighted by molar-refractivity contribution is 0.0749. The molecular weight excluding hydrogens is 256 g/mol. The van der Waals surface area contributed by atoms with Gasteiger partial charge in [-0.1, -0.05) is 0 Å². The molecule has 1 saturated heterocycles. The van der Waals surface area contributed by atoms with Crippen LogP contribution in [-0.4, -0.2) is 68.5 Å². The van der Waals surface area contributed by atoms with Crippen molar-refractivity contribution in [2.45, 2.75) is 13.3 Å². The monoisotopic (exact) mass is 274 g/mol. The van der Waals surface area contributed by atoms with Gasteiger partial charge < -0.3 is 9.80 Å². The standard InChI is InChI=1S/C13H18N6O/c1-10-4-7-19-11(15-16-13(19)14-10)12(20)18-6-3-5-17(2)8-9-18/h4,7H,3,5-6,8-9H2,1-2H3. The van der Waals surface area contributed by atoms with Crippen molar-refractivity contribution in [2.24, 2.45) is 0 Å². The van der Waals surface area contributed by atoms with Gasteiger partial charge in [-0.2, -0.15) is 0 Å². The van der Waals surface area contributed by atoms with Gasteiger partial charge in [-0.3, -0.25) is 9.20 Å². The molecule has 0 bridgehead atoms. The maximum absolute atomic E-state index is 12.6. The summed E-state index contributed by atoms with van der Waals surface area (Å²) in [5.41, 5.74) is 0.861. The van der Waals surface area contributed by atoms with Crippen molar-refractivity contribution in [3.8, 4) is 0 Å². The Balaban J connectivity index is 1.88. The van der Waals surface area contributed by atoms with E-state index in [0.29, 0.717) is 11.6 Å². The van der Waals surface area contributed by atoms with E-state index in [9.17, 15) is 4.79 Å². The third-order valence-corrected chi connectivity index (χ3v) is 3.62. The predicted octanol–water partition coefficient (Wildman–Crippen LogP) is 0.210. The summed E-state index contributed by atoms with van der Waals surface area (Å²) in [5.74, 6) is 0.746. The summed E-state index contributed by atoms with van der Waals surface area (Å²) >= 11 is 0. The van der Waals surface area contributed by atoms with Crippen molar-refractivity contribution in [3.63, 3.8) is 0 Å². The van der Waals surface area contributed by atoms with Crippen LogP contribution in [-0.2, 0) is 0 Å². The number of aryl methyl sites for hydroxylation is 1. The van der Waals surface area contributed by atoms with Crippen LogP contribution in [0.15, 0.2) is 12.3 Å². The van der Waals surface area contributed by atoms with Crippen LogP contribution in [0.25, 0.3) is 5.78 Å². The van der Waals surface area contributed by atoms with Crippen LogP contribution in [0.3, 0.4) is 0 Å². The Morgan fingerprint density at radius 3 is 2.90 bits per heavy atom. The fourth-order valence-corrected chi connectivity index (χ4v) is 2.41. The highest BCUT2D eigenvalue weighted by Gasteiger charge is 2.23. The van der Waals surface area contributed by atoms with Crippen molar-refractivity contribution in [1.82, 2.24) is 29.4 Å². The Morgan fingerprint density at radius 1 is 1.20 bits per heavy atom. The first-order chi connectivity index (χ1) is 9.65. The van der Waals surface area contributed by atoms with Crippen LogP contribution in [0.1, 0.15) is 22.7 Å². The van der Waals surface area contributed by atoms with E-state index in [0.717, 1.165) is 38.3 Å². The van der Waals surface area contributed by atoms with E-state index in [2.05, 4.69) is 27.1 Å². The highest BCUT2D eigenvalue weighted by Crippen LogP contribution is 2.09. The second kappa shape index (κ2) is 5.16. The first-order valence-electron chi connectivity index (χ1n) is 6.81. The SMILES string of the molecule is Cc1ccn2c(C(=O)N3CCCN(C)CC3)nnc2n1. The van der Waals surface area contributed by atoms with E-state index in [-0.39, 0.29) is 5.91 Å². The van der Waals surface area contributed by atoms with Gasteiger partial charge in [-0.25, -0.2) is 4.98 Å². The lowest BCUT2D eigenvalue weighted by Gasteiger charge is -2.19. The molecule has 0 spiro atoms. The molecule has 1 aliphatic heterocycles. The summed E-state index contributed by atoms with van der Waals surface area (Å²) in [7, 11) is 2.08. The number of nitrogens with zero attached hydrogens (tertiary/aromatic N) is 6. The fraction of sp³-hybridized carbons (Fsp3) is 0.538. The maximum Gasteiger partial charge on any atom is 0.292 e. The topological polar surface area (TPSA) is 66.6 Å². The molecule has 2 aromatic heterocycles. The molecule has 0 N–H and O–H groups in total. The second-order valence-corrected chi connectivity index (χ2v) is 5.21. The smallest absolute Gasteiger partial charge is 0.292 e. The molecule has 2 aromatic rings. The first kappa shape index (κ1) is 13.0. The first-order valence-corrected chi connectivity index (χ1v) is 6.81. The van der Waals surface area contributed by atoms with Gasteiger partial charge in [0.1, 0.15) is 0 Å². The van der Waals surface area contributed by atoms with Crippen LogP contribution < -0.4 is 0 Å². The van der Waals surface area contributed by atoms with Crippen molar-refractivity contribution >= 4 is 11.7 Å². The highest BCUT2D eigenvalue weighted by atomic mass is 16.2. The average molecular weight is 274 g/mol. The molecule has 7 nitrogen and oxygen atoms in total. The molecular formula is C13H18N6O. The molecule has 20 heavy (non-hydrogen) atoms. The average Bonchev–Trinajstić information content (AvgIpc) is 2.72. The number of aromatic nitrogens is 4. The molecule has 0 aliphatic carbocycles. The number of carbonyl (C=O) groups is 1. The quantitative estimate of drug-likeness (QED) is 0.743. The van der Waals surface area contributed by atoms with Gasteiger partial charge in [0.2, 0.25) is 5.82 Å². The third kappa shape index (κ3) is 2.36. The van der Waals surface area contributed by atoms with Crippen LogP contribution >= 0.6 is 0 Å². The Hall–Kier alpha value is -2.02. The summed E-state index contributed by atoms with van der Waals surface area (Å²) in [6.07, 6.45) is 2.78. The van der Waals surface area contributed by atoms with Crippen molar-refractivity contribution in [3.05, 3.63) is 23.8 Å². The predicted molar refractivity (Wildman–Crippen MR) is 73.5 cm³/mol. The number of rotatable bonds is 1. The van der Waals surface area contributed by atoms with Gasteiger partial charge in [-0.05, 0) is 33.0 Å². The number of amides is 1. The number of hydrogen-bond donors (Lipinski definition) is 0. The normalized spacial score (nSPS) is 17.4. The summed E-state index contributed by atoms with van der Waals surface area (Å²) < 4.78 is 1.66. The molecule has 7 heteroatoms. The molecule has 1 fully saturated rings. The van der Waals surface area contributed by atoms with Crippen LogP contribution in [0.4, 0.5) is 0 Å². The van der Waals surface area contributed by atoms with Crippen molar-refractivity contribution in [1.29, 1.82) is 0 Å². The summed E-state index contributed by atoms with van der Waals surface area (Å²) in [6, 6.07) is 1.85. The molecule has 1 aliphatic rings. The molecule has 106 valence electrons. The number of likely N-dealkylation sites (N-methyl/N-ethyl adjacent to an activating group) is 1. The molecule has 0 saturated carbocycles. The van der Waals surface area contributed by atoms with Gasteiger partial charge in [0.05, 0.1) is 0 Å². The molecule has 3 rings (SSSR count). The summed E-state index contributed by atoms with van der Waals surface area (Å²) in [5, 5.41) is 7.98.